The van der Waals surface area contributed by atoms with Gasteiger partial charge in [-0.3, -0.25) is 4.79 Å². The summed E-state index contributed by atoms with van der Waals surface area (Å²) in [4.78, 5) is 18.5. The van der Waals surface area contributed by atoms with Crippen molar-refractivity contribution in [3.63, 3.8) is 0 Å². The van der Waals surface area contributed by atoms with Gasteiger partial charge in [0.15, 0.2) is 0 Å². The number of rotatable bonds is 33. The third-order valence-electron chi connectivity index (χ3n) is 14.0. The van der Waals surface area contributed by atoms with Gasteiger partial charge in [-0.05, 0) is 110 Å². The summed E-state index contributed by atoms with van der Waals surface area (Å²) in [6.07, 6.45) is 42.6. The Bertz CT molecular complexity index is 911. The number of hydrogen-bond donors (Lipinski definition) is 1. The second-order valence-electron chi connectivity index (χ2n) is 18.4. The van der Waals surface area contributed by atoms with Gasteiger partial charge in [0.2, 0.25) is 0 Å². The third kappa shape index (κ3) is 18.2. The molecule has 0 bridgehead atoms. The lowest BCUT2D eigenvalue weighted by Crippen LogP contribution is -2.56. The maximum absolute atomic E-state index is 12.9. The fourth-order valence-electron chi connectivity index (χ4n) is 10.4. The first-order chi connectivity index (χ1) is 27.0. The topological polar surface area (TPSA) is 53.0 Å². The summed E-state index contributed by atoms with van der Waals surface area (Å²) in [7, 11) is 0. The molecule has 320 valence electrons. The van der Waals surface area contributed by atoms with Crippen LogP contribution in [0.3, 0.4) is 0 Å². The molecule has 0 spiro atoms. The van der Waals surface area contributed by atoms with Crippen molar-refractivity contribution in [3.8, 4) is 0 Å². The summed E-state index contributed by atoms with van der Waals surface area (Å²) in [5.74, 6) is 1.54. The van der Waals surface area contributed by atoms with Gasteiger partial charge in [0.25, 0.3) is 0 Å². The summed E-state index contributed by atoms with van der Waals surface area (Å²) < 4.78 is 7.30. The first kappa shape index (κ1) is 48.3. The van der Waals surface area contributed by atoms with Crippen LogP contribution in [0, 0.1) is 23.7 Å². The molecule has 1 saturated heterocycles. The Labute approximate surface area is 343 Å². The Balaban J connectivity index is 1.58. The van der Waals surface area contributed by atoms with Crippen molar-refractivity contribution in [2.75, 3.05) is 26.2 Å². The molecule has 7 unspecified atom stereocenters. The van der Waals surface area contributed by atoms with Gasteiger partial charge in [0.05, 0.1) is 0 Å². The lowest BCUT2D eigenvalue weighted by Gasteiger charge is -2.50. The van der Waals surface area contributed by atoms with E-state index in [0.717, 1.165) is 25.7 Å². The smallest absolute Gasteiger partial charge is 0.311 e. The van der Waals surface area contributed by atoms with Gasteiger partial charge in [-0.25, -0.2) is 0 Å². The van der Waals surface area contributed by atoms with Crippen molar-refractivity contribution in [1.82, 2.24) is 9.80 Å². The maximum atomic E-state index is 12.9. The summed E-state index contributed by atoms with van der Waals surface area (Å²) in [6.45, 7) is 16.4. The Morgan fingerprint density at radius 3 is 1.38 bits per heavy atom. The summed E-state index contributed by atoms with van der Waals surface area (Å²) in [5.41, 5.74) is 0. The molecule has 2 saturated carbocycles. The number of nitrogens with zero attached hydrogens (tertiary/aromatic N) is 2. The number of hydrogen-bond acceptors (Lipinski definition) is 4. The quantitative estimate of drug-likeness (QED) is 0.0409. The Kier molecular flexibility index (Phi) is 26.4. The zero-order chi connectivity index (χ0) is 39.5. The van der Waals surface area contributed by atoms with Gasteiger partial charge >= 0.3 is 5.97 Å². The lowest BCUT2D eigenvalue weighted by molar-refractivity contribution is -0.154. The van der Waals surface area contributed by atoms with Crippen molar-refractivity contribution in [2.24, 2.45) is 17.8 Å². The molecule has 1 heterocycles. The SMILES string of the molecule is CCCCCCCCCCCCCCC/C=C/CC(C[C+]1C2CCC(N(CCCC)CCCC)CC2OC2CC(N(CCCC)CCCC)CCC12)C(=O)O. The first-order valence-corrected chi connectivity index (χ1v) is 24.8. The van der Waals surface area contributed by atoms with Crippen LogP contribution in [0.4, 0.5) is 0 Å². The van der Waals surface area contributed by atoms with Crippen LogP contribution in [-0.2, 0) is 9.53 Å². The van der Waals surface area contributed by atoms with Crippen LogP contribution in [0.25, 0.3) is 0 Å². The van der Waals surface area contributed by atoms with E-state index in [0.29, 0.717) is 30.3 Å². The minimum Gasteiger partial charge on any atom is -0.481 e. The fraction of sp³-hybridized carbons (Fsp3) is 0.920. The minimum absolute atomic E-state index is 0.250. The summed E-state index contributed by atoms with van der Waals surface area (Å²) >= 11 is 0. The van der Waals surface area contributed by atoms with Gasteiger partial charge in [-0.1, -0.05) is 150 Å². The molecule has 3 fully saturated rings. The maximum Gasteiger partial charge on any atom is 0.311 e. The predicted molar refractivity (Wildman–Crippen MR) is 237 cm³/mol. The predicted octanol–water partition coefficient (Wildman–Crippen LogP) is 14.0. The highest BCUT2D eigenvalue weighted by Gasteiger charge is 2.58. The average Bonchev–Trinajstić information content (AvgIpc) is 3.19. The molecule has 0 radical (unpaired) electrons. The van der Waals surface area contributed by atoms with Crippen molar-refractivity contribution in [1.29, 1.82) is 0 Å². The van der Waals surface area contributed by atoms with Gasteiger partial charge < -0.3 is 19.6 Å². The van der Waals surface area contributed by atoms with E-state index >= 15 is 0 Å². The van der Waals surface area contributed by atoms with Crippen LogP contribution < -0.4 is 0 Å². The Morgan fingerprint density at radius 2 is 0.982 bits per heavy atom. The van der Waals surface area contributed by atoms with Crippen molar-refractivity contribution in [3.05, 3.63) is 18.1 Å². The molecule has 3 aliphatic rings. The molecule has 3 rings (SSSR count). The van der Waals surface area contributed by atoms with Crippen LogP contribution in [0.1, 0.15) is 227 Å². The van der Waals surface area contributed by atoms with Crippen molar-refractivity contribution < 1.29 is 14.6 Å². The molecule has 0 aromatic rings. The van der Waals surface area contributed by atoms with Gasteiger partial charge in [0.1, 0.15) is 42.3 Å². The van der Waals surface area contributed by atoms with Crippen LogP contribution >= 0.6 is 0 Å². The summed E-state index contributed by atoms with van der Waals surface area (Å²) in [5, 5.41) is 10.6. The van der Waals surface area contributed by atoms with Gasteiger partial charge in [0, 0.05) is 12.1 Å². The second-order valence-corrected chi connectivity index (χ2v) is 18.4. The van der Waals surface area contributed by atoms with Crippen LogP contribution in [0.5, 0.6) is 0 Å². The fourth-order valence-corrected chi connectivity index (χ4v) is 10.4. The molecule has 1 N–H and O–H groups in total. The average molecular weight is 770 g/mol. The van der Waals surface area contributed by atoms with Crippen LogP contribution in [0.15, 0.2) is 12.2 Å². The number of aliphatic carboxylic acids is 1. The van der Waals surface area contributed by atoms with E-state index in [4.69, 9.17) is 4.74 Å². The number of carbonyl (C=O) groups is 1. The highest BCUT2D eigenvalue weighted by molar-refractivity contribution is 5.70. The minimum atomic E-state index is -0.601. The van der Waals surface area contributed by atoms with E-state index in [1.807, 2.05) is 0 Å². The van der Waals surface area contributed by atoms with Crippen molar-refractivity contribution in [2.45, 2.75) is 252 Å². The Hall–Kier alpha value is -1.04. The third-order valence-corrected chi connectivity index (χ3v) is 14.0. The molecule has 2 aliphatic carbocycles. The van der Waals surface area contributed by atoms with Crippen LogP contribution in [0.2, 0.25) is 0 Å². The molecule has 0 aromatic carbocycles. The molecule has 1 aliphatic heterocycles. The second kappa shape index (κ2) is 30.1. The van der Waals surface area contributed by atoms with E-state index in [-0.39, 0.29) is 18.1 Å². The van der Waals surface area contributed by atoms with Gasteiger partial charge in [-0.2, -0.15) is 0 Å². The lowest BCUT2D eigenvalue weighted by atomic mass is 9.61. The first-order valence-electron chi connectivity index (χ1n) is 24.8. The standard InChI is InChI=1S/C50H92N2O3/c1-6-11-16-17-18-19-20-21-22-23-24-25-26-27-28-29-30-42(50(53)54)39-47-45-33-31-43(51(35-12-7-2)36-13-8-3)40-48(45)55-49-41-44(32-34-46(47)49)52(37-14-9-4)38-15-10-5/h28-29,42-46,48-49H,6-27,30-41H2,1-5H3/p+1/b29-28+. The zero-order valence-corrected chi connectivity index (χ0v) is 37.4. The molecule has 0 aromatic heterocycles. The van der Waals surface area contributed by atoms with E-state index in [1.54, 1.807) is 5.92 Å². The normalized spacial score (nSPS) is 24.8. The highest BCUT2D eigenvalue weighted by Crippen LogP contribution is 2.52. The van der Waals surface area contributed by atoms with E-state index in [2.05, 4.69) is 56.6 Å². The van der Waals surface area contributed by atoms with E-state index in [1.165, 1.54) is 187 Å². The number of unbranched alkanes of at least 4 members (excludes halogenated alkanes) is 17. The molecule has 55 heavy (non-hydrogen) atoms. The Morgan fingerprint density at radius 1 is 0.582 bits per heavy atom. The number of allylic oxidation sites excluding steroid dienone is 2. The number of ether oxygens (including phenoxy) is 1. The molecular weight excluding hydrogens is 677 g/mol. The number of carboxylic acid groups (broad SMARTS) is 1. The molecule has 0 amide bonds. The van der Waals surface area contributed by atoms with E-state index < -0.39 is 5.97 Å². The van der Waals surface area contributed by atoms with Crippen LogP contribution in [-0.4, -0.2) is 71.3 Å². The molecule has 5 nitrogen and oxygen atoms in total. The monoisotopic (exact) mass is 770 g/mol. The number of fused-ring (bicyclic) bond motifs is 2. The summed E-state index contributed by atoms with van der Waals surface area (Å²) in [6, 6.07) is 1.20. The molecule has 7 atom stereocenters. The molecular formula is C50H93N2O3+. The van der Waals surface area contributed by atoms with Crippen molar-refractivity contribution >= 4 is 5.97 Å². The molecule has 5 heteroatoms. The van der Waals surface area contributed by atoms with Gasteiger partial charge in [-0.15, -0.1) is 0 Å². The number of carboxylic acids is 1. The van der Waals surface area contributed by atoms with E-state index in [9.17, 15) is 9.90 Å². The zero-order valence-electron chi connectivity index (χ0n) is 37.4. The highest BCUT2D eigenvalue weighted by atomic mass is 16.5. The largest absolute Gasteiger partial charge is 0.481 e.